The summed E-state index contributed by atoms with van der Waals surface area (Å²) < 4.78 is 26.3. The molecule has 0 radical (unpaired) electrons. The molecule has 5 heteroatoms. The maximum atomic E-state index is 13.1. The number of alkyl halides is 2. The first-order valence-electron chi connectivity index (χ1n) is 4.24. The molecule has 76 valence electrons. The number of aromatic carboxylic acids is 1. The van der Waals surface area contributed by atoms with Crippen LogP contribution in [0.4, 0.5) is 8.78 Å². The molecule has 0 spiro atoms. The summed E-state index contributed by atoms with van der Waals surface area (Å²) >= 11 is 0. The summed E-state index contributed by atoms with van der Waals surface area (Å²) in [6, 6.07) is 1.29. The maximum Gasteiger partial charge on any atom is 0.352 e. The number of hydrogen-bond donors (Lipinski definition) is 2. The lowest BCUT2D eigenvalue weighted by Gasteiger charge is -2.14. The summed E-state index contributed by atoms with van der Waals surface area (Å²) in [6.07, 6.45) is -0.368. The quantitative estimate of drug-likeness (QED) is 0.730. The SMILES string of the molecule is C[C@H]1c2[nH]c(C(=O)O)cc2CC1(F)F. The van der Waals surface area contributed by atoms with Crippen LogP contribution in [0.2, 0.25) is 0 Å². The van der Waals surface area contributed by atoms with Crippen LogP contribution in [0.15, 0.2) is 6.07 Å². The lowest BCUT2D eigenvalue weighted by molar-refractivity contribution is -0.0108. The van der Waals surface area contributed by atoms with E-state index in [9.17, 15) is 13.6 Å². The standard InChI is InChI=1S/C9H9F2NO2/c1-4-7-5(3-9(4,10)11)2-6(12-7)8(13)14/h2,4,12H,3H2,1H3,(H,13,14)/t4-/m0/s1. The second-order valence-corrected chi connectivity index (χ2v) is 3.59. The van der Waals surface area contributed by atoms with Crippen molar-refractivity contribution in [3.8, 4) is 0 Å². The van der Waals surface area contributed by atoms with Crippen LogP contribution < -0.4 is 0 Å². The van der Waals surface area contributed by atoms with E-state index in [1.54, 1.807) is 0 Å². The minimum absolute atomic E-state index is 0.0163. The Morgan fingerprint density at radius 1 is 1.71 bits per heavy atom. The number of H-pyrrole nitrogens is 1. The smallest absolute Gasteiger partial charge is 0.352 e. The van der Waals surface area contributed by atoms with Gasteiger partial charge in [-0.05, 0) is 11.6 Å². The van der Waals surface area contributed by atoms with E-state index in [-0.39, 0.29) is 12.1 Å². The molecule has 0 aliphatic heterocycles. The molecule has 0 bridgehead atoms. The molecular formula is C9H9F2NO2. The molecule has 1 heterocycles. The van der Waals surface area contributed by atoms with Crippen LogP contribution in [0.25, 0.3) is 0 Å². The number of aromatic nitrogens is 1. The Hall–Kier alpha value is -1.39. The highest BCUT2D eigenvalue weighted by Gasteiger charge is 2.46. The van der Waals surface area contributed by atoms with Gasteiger partial charge in [-0.1, -0.05) is 6.92 Å². The molecule has 14 heavy (non-hydrogen) atoms. The fourth-order valence-corrected chi connectivity index (χ4v) is 1.78. The summed E-state index contributed by atoms with van der Waals surface area (Å²) in [7, 11) is 0. The number of carboxylic acids is 1. The third-order valence-corrected chi connectivity index (χ3v) is 2.66. The zero-order chi connectivity index (χ0) is 10.5. The van der Waals surface area contributed by atoms with Crippen molar-refractivity contribution < 1.29 is 18.7 Å². The van der Waals surface area contributed by atoms with Crippen LogP contribution in [0.3, 0.4) is 0 Å². The molecule has 1 aliphatic carbocycles. The lowest BCUT2D eigenvalue weighted by Crippen LogP contribution is -2.20. The topological polar surface area (TPSA) is 53.1 Å². The van der Waals surface area contributed by atoms with Crippen molar-refractivity contribution in [1.29, 1.82) is 0 Å². The Kier molecular flexibility index (Phi) is 1.68. The predicted octanol–water partition coefficient (Wildman–Crippen LogP) is 2.01. The van der Waals surface area contributed by atoms with Gasteiger partial charge in [0.1, 0.15) is 5.69 Å². The molecule has 0 amide bonds. The number of fused-ring (bicyclic) bond motifs is 1. The Labute approximate surface area is 78.7 Å². The molecule has 2 rings (SSSR count). The van der Waals surface area contributed by atoms with Gasteiger partial charge in [-0.25, -0.2) is 13.6 Å². The van der Waals surface area contributed by atoms with Gasteiger partial charge in [-0.2, -0.15) is 0 Å². The highest BCUT2D eigenvalue weighted by molar-refractivity contribution is 5.86. The van der Waals surface area contributed by atoms with Crippen molar-refractivity contribution >= 4 is 5.97 Å². The van der Waals surface area contributed by atoms with Crippen molar-refractivity contribution in [1.82, 2.24) is 4.98 Å². The Bertz CT molecular complexity index is 398. The van der Waals surface area contributed by atoms with Gasteiger partial charge >= 0.3 is 5.97 Å². The number of halogens is 2. The molecule has 0 aromatic carbocycles. The number of aromatic amines is 1. The molecule has 0 fully saturated rings. The first kappa shape index (κ1) is 9.18. The third kappa shape index (κ3) is 1.12. The fraction of sp³-hybridized carbons (Fsp3) is 0.444. The van der Waals surface area contributed by atoms with E-state index in [4.69, 9.17) is 5.11 Å². The summed E-state index contributed by atoms with van der Waals surface area (Å²) in [4.78, 5) is 13.1. The van der Waals surface area contributed by atoms with Crippen molar-refractivity contribution in [2.75, 3.05) is 0 Å². The van der Waals surface area contributed by atoms with Gasteiger partial charge in [0.25, 0.3) is 5.92 Å². The van der Waals surface area contributed by atoms with Gasteiger partial charge < -0.3 is 10.1 Å². The Morgan fingerprint density at radius 2 is 2.36 bits per heavy atom. The normalized spacial score (nSPS) is 23.5. The van der Waals surface area contributed by atoms with Gasteiger partial charge in [0, 0.05) is 12.1 Å². The number of nitrogens with one attached hydrogen (secondary N) is 1. The lowest BCUT2D eigenvalue weighted by atomic mass is 10.1. The number of hydrogen-bond acceptors (Lipinski definition) is 1. The van der Waals surface area contributed by atoms with E-state index in [1.165, 1.54) is 13.0 Å². The largest absolute Gasteiger partial charge is 0.477 e. The third-order valence-electron chi connectivity index (χ3n) is 2.66. The molecule has 2 N–H and O–H groups in total. The van der Waals surface area contributed by atoms with E-state index in [1.807, 2.05) is 0 Å². The predicted molar refractivity (Wildman–Crippen MR) is 44.8 cm³/mol. The van der Waals surface area contributed by atoms with E-state index in [0.29, 0.717) is 11.3 Å². The minimum Gasteiger partial charge on any atom is -0.477 e. The molecule has 1 aromatic heterocycles. The maximum absolute atomic E-state index is 13.1. The summed E-state index contributed by atoms with van der Waals surface area (Å²) in [5.41, 5.74) is 0.754. The Morgan fingerprint density at radius 3 is 2.86 bits per heavy atom. The second kappa shape index (κ2) is 2.56. The van der Waals surface area contributed by atoms with Gasteiger partial charge in [0.2, 0.25) is 0 Å². The number of carbonyl (C=O) groups is 1. The van der Waals surface area contributed by atoms with Crippen molar-refractivity contribution in [2.45, 2.75) is 25.2 Å². The van der Waals surface area contributed by atoms with E-state index >= 15 is 0 Å². The second-order valence-electron chi connectivity index (χ2n) is 3.59. The highest BCUT2D eigenvalue weighted by Crippen LogP contribution is 2.44. The average molecular weight is 201 g/mol. The Balaban J connectivity index is 2.42. The van der Waals surface area contributed by atoms with Crippen LogP contribution in [0.1, 0.15) is 34.6 Å². The molecule has 0 saturated carbocycles. The average Bonchev–Trinajstić information content (AvgIpc) is 2.53. The van der Waals surface area contributed by atoms with E-state index in [2.05, 4.69) is 4.98 Å². The molecule has 1 atom stereocenters. The molecule has 3 nitrogen and oxygen atoms in total. The fourth-order valence-electron chi connectivity index (χ4n) is 1.78. The van der Waals surface area contributed by atoms with Crippen LogP contribution in [-0.4, -0.2) is 22.0 Å². The highest BCUT2D eigenvalue weighted by atomic mass is 19.3. The van der Waals surface area contributed by atoms with Crippen LogP contribution in [0, 0.1) is 0 Å². The molecule has 1 aromatic rings. The van der Waals surface area contributed by atoms with Crippen LogP contribution >= 0.6 is 0 Å². The summed E-state index contributed by atoms with van der Waals surface area (Å²) in [5, 5.41) is 8.64. The van der Waals surface area contributed by atoms with Gasteiger partial charge in [0.05, 0.1) is 5.92 Å². The molecular weight excluding hydrogens is 192 g/mol. The van der Waals surface area contributed by atoms with E-state index < -0.39 is 17.8 Å². The first-order valence-corrected chi connectivity index (χ1v) is 4.24. The van der Waals surface area contributed by atoms with Gasteiger partial charge in [-0.15, -0.1) is 0 Å². The van der Waals surface area contributed by atoms with Crippen LogP contribution in [0.5, 0.6) is 0 Å². The molecule has 0 unspecified atom stereocenters. The van der Waals surface area contributed by atoms with Gasteiger partial charge in [-0.3, -0.25) is 0 Å². The van der Waals surface area contributed by atoms with Gasteiger partial charge in [0.15, 0.2) is 0 Å². The van der Waals surface area contributed by atoms with Crippen molar-refractivity contribution in [2.24, 2.45) is 0 Å². The minimum atomic E-state index is -2.75. The zero-order valence-electron chi connectivity index (χ0n) is 7.47. The molecule has 0 saturated heterocycles. The van der Waals surface area contributed by atoms with Crippen molar-refractivity contribution in [3.63, 3.8) is 0 Å². The van der Waals surface area contributed by atoms with Crippen LogP contribution in [-0.2, 0) is 6.42 Å². The zero-order valence-corrected chi connectivity index (χ0v) is 7.47. The molecule has 1 aliphatic rings. The number of carboxylic acid groups (broad SMARTS) is 1. The monoisotopic (exact) mass is 201 g/mol. The van der Waals surface area contributed by atoms with E-state index in [0.717, 1.165) is 0 Å². The summed E-state index contributed by atoms with van der Waals surface area (Å²) in [6.45, 7) is 1.40. The van der Waals surface area contributed by atoms with Crippen molar-refractivity contribution in [3.05, 3.63) is 23.0 Å². The summed E-state index contributed by atoms with van der Waals surface area (Å²) in [5.74, 6) is -4.79. The number of rotatable bonds is 1. The first-order chi connectivity index (χ1) is 6.42.